The molecular weight excluding hydrogens is 321 g/mol. The summed E-state index contributed by atoms with van der Waals surface area (Å²) < 4.78 is 19.4. The first-order valence-electron chi connectivity index (χ1n) is 8.63. The Kier molecular flexibility index (Phi) is 5.33. The predicted octanol–water partition coefficient (Wildman–Crippen LogP) is 2.46. The van der Waals surface area contributed by atoms with E-state index in [1.165, 1.54) is 6.07 Å². The molecule has 4 N–H and O–H groups in total. The lowest BCUT2D eigenvalue weighted by molar-refractivity contribution is 0.321. The molecule has 2 aromatic rings. The first kappa shape index (κ1) is 17.4. The Morgan fingerprint density at radius 1 is 1.32 bits per heavy atom. The van der Waals surface area contributed by atoms with Crippen LogP contribution in [0.25, 0.3) is 0 Å². The van der Waals surface area contributed by atoms with E-state index in [0.717, 1.165) is 48.6 Å². The van der Waals surface area contributed by atoms with Gasteiger partial charge in [-0.3, -0.25) is 0 Å². The SMILES string of the molecule is CCOc1ccc([C@H](C)Nc2nc(N)nc3c2CCNCC3)cc1F. The van der Waals surface area contributed by atoms with E-state index in [1.54, 1.807) is 6.07 Å². The summed E-state index contributed by atoms with van der Waals surface area (Å²) in [7, 11) is 0. The van der Waals surface area contributed by atoms with Crippen LogP contribution in [-0.4, -0.2) is 29.7 Å². The monoisotopic (exact) mass is 345 g/mol. The van der Waals surface area contributed by atoms with Crippen molar-refractivity contribution in [1.29, 1.82) is 0 Å². The summed E-state index contributed by atoms with van der Waals surface area (Å²) in [6.07, 6.45) is 1.66. The third-order valence-electron chi connectivity index (χ3n) is 4.31. The average molecular weight is 345 g/mol. The number of rotatable bonds is 5. The maximum atomic E-state index is 14.1. The third-order valence-corrected chi connectivity index (χ3v) is 4.31. The molecule has 0 radical (unpaired) electrons. The van der Waals surface area contributed by atoms with Crippen LogP contribution in [0.3, 0.4) is 0 Å². The highest BCUT2D eigenvalue weighted by atomic mass is 19.1. The van der Waals surface area contributed by atoms with Crippen molar-refractivity contribution in [2.75, 3.05) is 30.7 Å². The van der Waals surface area contributed by atoms with Crippen molar-refractivity contribution in [3.63, 3.8) is 0 Å². The van der Waals surface area contributed by atoms with Crippen LogP contribution in [0.15, 0.2) is 18.2 Å². The second kappa shape index (κ2) is 7.65. The summed E-state index contributed by atoms with van der Waals surface area (Å²) >= 11 is 0. The lowest BCUT2D eigenvalue weighted by Gasteiger charge is -2.19. The smallest absolute Gasteiger partial charge is 0.222 e. The van der Waals surface area contributed by atoms with Crippen LogP contribution < -0.4 is 21.1 Å². The zero-order valence-electron chi connectivity index (χ0n) is 14.6. The van der Waals surface area contributed by atoms with Crippen molar-refractivity contribution in [2.24, 2.45) is 0 Å². The van der Waals surface area contributed by atoms with Crippen molar-refractivity contribution in [3.8, 4) is 5.75 Å². The van der Waals surface area contributed by atoms with Crippen LogP contribution in [-0.2, 0) is 12.8 Å². The van der Waals surface area contributed by atoms with Crippen LogP contribution in [0.1, 0.15) is 36.7 Å². The Morgan fingerprint density at radius 3 is 2.88 bits per heavy atom. The maximum absolute atomic E-state index is 14.1. The van der Waals surface area contributed by atoms with E-state index < -0.39 is 0 Å². The van der Waals surface area contributed by atoms with Crippen molar-refractivity contribution in [3.05, 3.63) is 40.8 Å². The van der Waals surface area contributed by atoms with E-state index in [9.17, 15) is 4.39 Å². The van der Waals surface area contributed by atoms with Gasteiger partial charge in [0, 0.05) is 18.5 Å². The van der Waals surface area contributed by atoms with E-state index >= 15 is 0 Å². The molecule has 0 saturated carbocycles. The number of benzene rings is 1. The van der Waals surface area contributed by atoms with Gasteiger partial charge in [-0.1, -0.05) is 6.07 Å². The van der Waals surface area contributed by atoms with Gasteiger partial charge in [0.15, 0.2) is 11.6 Å². The van der Waals surface area contributed by atoms with Gasteiger partial charge < -0.3 is 21.1 Å². The minimum Gasteiger partial charge on any atom is -0.491 e. The molecule has 0 saturated heterocycles. The molecule has 6 nitrogen and oxygen atoms in total. The Labute approximate surface area is 147 Å². The second-order valence-electron chi connectivity index (χ2n) is 6.09. The number of nitrogens with two attached hydrogens (primary N) is 1. The van der Waals surface area contributed by atoms with Gasteiger partial charge in [0.1, 0.15) is 5.82 Å². The molecule has 25 heavy (non-hydrogen) atoms. The second-order valence-corrected chi connectivity index (χ2v) is 6.09. The summed E-state index contributed by atoms with van der Waals surface area (Å²) in [4.78, 5) is 8.74. The lowest BCUT2D eigenvalue weighted by atomic mass is 10.1. The molecule has 1 aliphatic rings. The van der Waals surface area contributed by atoms with Gasteiger partial charge in [0.2, 0.25) is 5.95 Å². The fourth-order valence-corrected chi connectivity index (χ4v) is 3.03. The molecule has 0 amide bonds. The number of nitrogen functional groups attached to an aromatic ring is 1. The number of hydrogen-bond acceptors (Lipinski definition) is 6. The highest BCUT2D eigenvalue weighted by Crippen LogP contribution is 2.27. The van der Waals surface area contributed by atoms with Crippen LogP contribution in [0.2, 0.25) is 0 Å². The minimum atomic E-state index is -0.363. The van der Waals surface area contributed by atoms with Crippen LogP contribution in [0.4, 0.5) is 16.2 Å². The zero-order chi connectivity index (χ0) is 17.8. The highest BCUT2D eigenvalue weighted by molar-refractivity contribution is 5.52. The number of nitrogens with zero attached hydrogens (tertiary/aromatic N) is 2. The lowest BCUT2D eigenvalue weighted by Crippen LogP contribution is -2.16. The molecule has 7 heteroatoms. The summed E-state index contributed by atoms with van der Waals surface area (Å²) in [5, 5.41) is 6.72. The van der Waals surface area contributed by atoms with Gasteiger partial charge in [-0.2, -0.15) is 4.98 Å². The predicted molar refractivity (Wildman–Crippen MR) is 96.3 cm³/mol. The Morgan fingerprint density at radius 2 is 2.12 bits per heavy atom. The molecule has 1 aromatic heterocycles. The molecule has 0 bridgehead atoms. The Hall–Kier alpha value is -2.41. The highest BCUT2D eigenvalue weighted by Gasteiger charge is 2.18. The molecule has 0 unspecified atom stereocenters. The van der Waals surface area contributed by atoms with Gasteiger partial charge in [-0.25, -0.2) is 9.37 Å². The zero-order valence-corrected chi connectivity index (χ0v) is 14.6. The van der Waals surface area contributed by atoms with Crippen molar-refractivity contribution in [2.45, 2.75) is 32.7 Å². The Bertz CT molecular complexity index is 752. The van der Waals surface area contributed by atoms with Crippen molar-refractivity contribution in [1.82, 2.24) is 15.3 Å². The number of anilines is 2. The molecule has 1 aliphatic heterocycles. The summed E-state index contributed by atoms with van der Waals surface area (Å²) in [6, 6.07) is 4.88. The van der Waals surface area contributed by atoms with Crippen LogP contribution in [0.5, 0.6) is 5.75 Å². The summed E-state index contributed by atoms with van der Waals surface area (Å²) in [5.41, 5.74) is 8.74. The molecule has 0 fully saturated rings. The number of halogens is 1. The van der Waals surface area contributed by atoms with Gasteiger partial charge in [0.05, 0.1) is 18.3 Å². The van der Waals surface area contributed by atoms with Gasteiger partial charge in [-0.05, 0) is 44.5 Å². The van der Waals surface area contributed by atoms with Crippen LogP contribution in [0, 0.1) is 5.82 Å². The molecule has 2 heterocycles. The summed E-state index contributed by atoms with van der Waals surface area (Å²) in [5.74, 6) is 0.893. The molecule has 0 aliphatic carbocycles. The quantitative estimate of drug-likeness (QED) is 0.772. The van der Waals surface area contributed by atoms with Crippen molar-refractivity contribution >= 4 is 11.8 Å². The Balaban J connectivity index is 1.84. The van der Waals surface area contributed by atoms with E-state index in [1.807, 2.05) is 19.9 Å². The molecule has 1 aromatic carbocycles. The number of nitrogens with one attached hydrogen (secondary N) is 2. The number of aromatic nitrogens is 2. The van der Waals surface area contributed by atoms with E-state index in [4.69, 9.17) is 10.5 Å². The number of ether oxygens (including phenoxy) is 1. The molecule has 0 spiro atoms. The fourth-order valence-electron chi connectivity index (χ4n) is 3.03. The van der Waals surface area contributed by atoms with E-state index in [-0.39, 0.29) is 23.6 Å². The molecule has 1 atom stereocenters. The largest absolute Gasteiger partial charge is 0.491 e. The average Bonchev–Trinajstić information content (AvgIpc) is 2.82. The first-order valence-corrected chi connectivity index (χ1v) is 8.63. The fraction of sp³-hybridized carbons (Fsp3) is 0.444. The maximum Gasteiger partial charge on any atom is 0.222 e. The molecule has 3 rings (SSSR count). The van der Waals surface area contributed by atoms with Gasteiger partial charge >= 0.3 is 0 Å². The number of fused-ring (bicyclic) bond motifs is 1. The standard InChI is InChI=1S/C18H24FN5O/c1-3-25-16-5-4-12(10-14(16)19)11(2)22-17-13-6-8-21-9-7-15(13)23-18(20)24-17/h4-5,10-11,21H,3,6-9H2,1-2H3,(H3,20,22,23,24)/t11-/m0/s1. The molecular formula is C18H24FN5O. The third kappa shape index (κ3) is 3.99. The summed E-state index contributed by atoms with van der Waals surface area (Å²) in [6.45, 7) is 5.99. The van der Waals surface area contributed by atoms with E-state index in [2.05, 4.69) is 20.6 Å². The molecule has 134 valence electrons. The van der Waals surface area contributed by atoms with Gasteiger partial charge in [0.25, 0.3) is 0 Å². The van der Waals surface area contributed by atoms with Crippen LogP contribution >= 0.6 is 0 Å². The van der Waals surface area contributed by atoms with E-state index in [0.29, 0.717) is 6.61 Å². The number of hydrogen-bond donors (Lipinski definition) is 3. The van der Waals surface area contributed by atoms with Crippen molar-refractivity contribution < 1.29 is 9.13 Å². The minimum absolute atomic E-state index is 0.125. The topological polar surface area (TPSA) is 85.1 Å². The van der Waals surface area contributed by atoms with Gasteiger partial charge in [-0.15, -0.1) is 0 Å². The normalized spacial score (nSPS) is 15.2. The first-order chi connectivity index (χ1) is 12.1.